The summed E-state index contributed by atoms with van der Waals surface area (Å²) < 4.78 is 54.2. The van der Waals surface area contributed by atoms with Crippen LogP contribution in [0.5, 0.6) is 0 Å². The maximum Gasteiger partial charge on any atom is 0.309 e. The van der Waals surface area contributed by atoms with Crippen molar-refractivity contribution in [1.82, 2.24) is 24.8 Å². The molecular weight excluding hydrogens is 948 g/mol. The second-order valence-corrected chi connectivity index (χ2v) is 22.4. The highest BCUT2D eigenvalue weighted by molar-refractivity contribution is 5.98. The molecule has 20 atom stereocenters. The monoisotopic (exact) mass is 1040 g/mol. The second kappa shape index (κ2) is 25.3. The Morgan fingerprint density at radius 2 is 1.67 bits per heavy atom. The molecule has 0 aliphatic carbocycles. The number of esters is 1. The van der Waals surface area contributed by atoms with Gasteiger partial charge in [-0.1, -0.05) is 62.3 Å². The molecule has 0 spiro atoms. The van der Waals surface area contributed by atoms with Crippen molar-refractivity contribution in [2.24, 2.45) is 28.8 Å². The van der Waals surface area contributed by atoms with Gasteiger partial charge in [-0.15, -0.1) is 5.10 Å². The number of aromatic nitrogens is 3. The van der Waals surface area contributed by atoms with E-state index >= 15 is 0 Å². The van der Waals surface area contributed by atoms with Crippen LogP contribution in [-0.2, 0) is 39.6 Å². The molecule has 20 heteroatoms. The Labute approximate surface area is 432 Å². The van der Waals surface area contributed by atoms with Crippen molar-refractivity contribution in [3.63, 3.8) is 0 Å². The SMILES string of the molecule is CC[C@H]1OC(=O)[C@H](C)C([C@H]2C[C@@](C)(OC)[C@@H](O)[C@H](C)O2)[C@H](C)[C@@H](O[C@@H]2O[C@H](C)C[C@H](N(C)CCc3cn([C@H](CF)[C@H](OC)c4ccc(/C(C)=N\O)cc4)nn3)[C@H]2O)[C@](C)(O)C[C@@H](C)CN(C)[C@H](C)[C@@H](O)[C@]1(C)O. The highest BCUT2D eigenvalue weighted by Crippen LogP contribution is 2.45. The lowest BCUT2D eigenvalue weighted by molar-refractivity contribution is -0.302. The number of carbonyl (C=O) groups excluding carboxylic acids is 1. The van der Waals surface area contributed by atoms with Gasteiger partial charge in [0.15, 0.2) is 6.29 Å². The van der Waals surface area contributed by atoms with Crippen LogP contribution >= 0.6 is 0 Å². The maximum atomic E-state index is 14.8. The van der Waals surface area contributed by atoms with Gasteiger partial charge in [-0.2, -0.15) is 0 Å². The van der Waals surface area contributed by atoms with Crippen LogP contribution in [0.2, 0.25) is 0 Å². The fourth-order valence-electron chi connectivity index (χ4n) is 12.0. The molecule has 416 valence electrons. The maximum absolute atomic E-state index is 14.8. The van der Waals surface area contributed by atoms with Crippen molar-refractivity contribution in [3.05, 3.63) is 47.3 Å². The molecule has 2 aromatic rings. The van der Waals surface area contributed by atoms with Crippen molar-refractivity contribution >= 4 is 11.7 Å². The van der Waals surface area contributed by atoms with Crippen molar-refractivity contribution in [1.29, 1.82) is 0 Å². The van der Waals surface area contributed by atoms with Gasteiger partial charge in [0.2, 0.25) is 0 Å². The molecule has 0 amide bonds. The van der Waals surface area contributed by atoms with Crippen LogP contribution in [0, 0.1) is 23.7 Å². The zero-order valence-corrected chi connectivity index (χ0v) is 46.0. The van der Waals surface area contributed by atoms with Gasteiger partial charge in [0, 0.05) is 64.3 Å². The first-order valence-electron chi connectivity index (χ1n) is 26.1. The predicted molar refractivity (Wildman–Crippen MR) is 271 cm³/mol. The van der Waals surface area contributed by atoms with Crippen LogP contribution in [0.4, 0.5) is 4.39 Å². The number of nitrogens with zero attached hydrogens (tertiary/aromatic N) is 6. The molecule has 4 heterocycles. The lowest BCUT2D eigenvalue weighted by Gasteiger charge is -2.51. The summed E-state index contributed by atoms with van der Waals surface area (Å²) in [7, 11) is 6.74. The van der Waals surface area contributed by atoms with Crippen LogP contribution in [-0.4, -0.2) is 199 Å². The number of aliphatic hydroxyl groups excluding tert-OH is 3. The quantitative estimate of drug-likeness (QED) is 0.0624. The molecule has 3 fully saturated rings. The van der Waals surface area contributed by atoms with E-state index in [1.54, 1.807) is 78.9 Å². The zero-order valence-electron chi connectivity index (χ0n) is 46.0. The van der Waals surface area contributed by atoms with E-state index in [2.05, 4.69) is 15.5 Å². The van der Waals surface area contributed by atoms with Gasteiger partial charge in [0.1, 0.15) is 48.8 Å². The first kappa shape index (κ1) is 60.6. The molecule has 5 rings (SSSR count). The van der Waals surface area contributed by atoms with Crippen LogP contribution in [0.15, 0.2) is 35.6 Å². The highest BCUT2D eigenvalue weighted by Gasteiger charge is 2.55. The van der Waals surface area contributed by atoms with Crippen molar-refractivity contribution in [3.8, 4) is 0 Å². The number of halogens is 1. The number of aliphatic hydroxyl groups is 5. The number of methoxy groups -OCH3 is 2. The Hall–Kier alpha value is -3.25. The van der Waals surface area contributed by atoms with E-state index < -0.39 is 127 Å². The topological polar surface area (TPSA) is 243 Å². The first-order chi connectivity index (χ1) is 34.2. The molecule has 3 aliphatic rings. The predicted octanol–water partition coefficient (Wildman–Crippen LogP) is 4.48. The standard InChI is InChI=1S/C53H89FN6O13/c1-16-42-53(11,66)46(62)34(7)59(13)27-29(2)24-51(9,65)48(31(4)43(32(5)49(64)72-42)41-25-52(10,69-15)47(63)35(8)71-41)73-50-44(61)39(23-30(3)70-50)58(12)22-21-38-28-60(57-55-38)40(26-54)45(68-14)37-19-17-36(18-20-37)33(6)56-67/h17-20,28-32,34-35,39-48,50,61-63,65-67H,16,21-27H2,1-15H3/b56-33-/t29-,30-,31+,32-,34-,35+,39+,40-,41-,42-,43?,44-,45-,46-,47+,48-,50+,51-,52-,53-/m1/s1. The number of benzene rings is 1. The summed E-state index contributed by atoms with van der Waals surface area (Å²) in [6.45, 7) is 19.5. The molecule has 1 unspecified atom stereocenters. The van der Waals surface area contributed by atoms with E-state index in [1.807, 2.05) is 44.7 Å². The third kappa shape index (κ3) is 13.7. The summed E-state index contributed by atoms with van der Waals surface area (Å²) in [6, 6.07) is 5.25. The summed E-state index contributed by atoms with van der Waals surface area (Å²) >= 11 is 0. The largest absolute Gasteiger partial charge is 0.459 e. The Kier molecular flexibility index (Phi) is 21.0. The van der Waals surface area contributed by atoms with Crippen molar-refractivity contribution < 1.29 is 68.3 Å². The zero-order chi connectivity index (χ0) is 54.5. The summed E-state index contributed by atoms with van der Waals surface area (Å²) in [5.74, 6) is -3.28. The number of carbonyl (C=O) groups is 1. The van der Waals surface area contributed by atoms with Gasteiger partial charge in [-0.25, -0.2) is 9.07 Å². The van der Waals surface area contributed by atoms with Crippen LogP contribution in [0.25, 0.3) is 0 Å². The number of hydrogen-bond acceptors (Lipinski definition) is 18. The number of likely N-dealkylation sites (N-methyl/N-ethyl adjacent to an activating group) is 2. The van der Waals surface area contributed by atoms with Crippen LogP contribution in [0.3, 0.4) is 0 Å². The van der Waals surface area contributed by atoms with Gasteiger partial charge in [0.05, 0.1) is 52.9 Å². The summed E-state index contributed by atoms with van der Waals surface area (Å²) in [6.07, 6.45) is -6.41. The van der Waals surface area contributed by atoms with E-state index in [0.29, 0.717) is 48.5 Å². The van der Waals surface area contributed by atoms with E-state index in [9.17, 15) is 39.9 Å². The average molecular weight is 1040 g/mol. The Balaban J connectivity index is 1.45. The fourth-order valence-corrected chi connectivity index (χ4v) is 12.0. The Morgan fingerprint density at radius 1 is 1.01 bits per heavy atom. The number of oxime groups is 1. The molecular formula is C53H89FN6O13. The molecule has 0 radical (unpaired) electrons. The van der Waals surface area contributed by atoms with Gasteiger partial charge < -0.3 is 69.0 Å². The third-order valence-corrected chi connectivity index (χ3v) is 16.6. The van der Waals surface area contributed by atoms with Gasteiger partial charge >= 0.3 is 5.97 Å². The molecule has 1 aromatic heterocycles. The van der Waals surface area contributed by atoms with Crippen molar-refractivity contribution in [2.45, 2.75) is 204 Å². The second-order valence-electron chi connectivity index (χ2n) is 22.4. The molecule has 6 N–H and O–H groups in total. The summed E-state index contributed by atoms with van der Waals surface area (Å²) in [5.41, 5.74) is -2.08. The molecule has 3 saturated heterocycles. The van der Waals surface area contributed by atoms with Gasteiger partial charge in [-0.05, 0) is 105 Å². The van der Waals surface area contributed by atoms with E-state index in [4.69, 9.17) is 28.4 Å². The number of ether oxygens (including phenoxy) is 6. The lowest BCUT2D eigenvalue weighted by Crippen LogP contribution is -2.62. The average Bonchev–Trinajstić information content (AvgIpc) is 3.82. The Morgan fingerprint density at radius 3 is 2.26 bits per heavy atom. The van der Waals surface area contributed by atoms with Gasteiger partial charge in [0.25, 0.3) is 0 Å². The fraction of sp³-hybridized carbons (Fsp3) is 0.811. The number of alkyl halides is 1. The lowest BCUT2D eigenvalue weighted by atomic mass is 9.68. The third-order valence-electron chi connectivity index (χ3n) is 16.6. The van der Waals surface area contributed by atoms with E-state index in [1.165, 1.54) is 25.8 Å². The molecule has 3 aliphatic heterocycles. The van der Waals surface area contributed by atoms with E-state index in [0.717, 1.165) is 0 Å². The molecule has 19 nitrogen and oxygen atoms in total. The van der Waals surface area contributed by atoms with Gasteiger partial charge in [-0.3, -0.25) is 4.79 Å². The molecule has 73 heavy (non-hydrogen) atoms. The van der Waals surface area contributed by atoms with E-state index in [-0.39, 0.29) is 25.2 Å². The normalized spacial score (nSPS) is 39.9. The number of cyclic esters (lactones) is 1. The minimum Gasteiger partial charge on any atom is -0.459 e. The molecule has 0 bridgehead atoms. The first-order valence-corrected chi connectivity index (χ1v) is 26.1. The highest BCUT2D eigenvalue weighted by atomic mass is 19.1. The number of hydrogen-bond donors (Lipinski definition) is 6. The molecule has 0 saturated carbocycles. The molecule has 1 aromatic carbocycles. The smallest absolute Gasteiger partial charge is 0.309 e. The van der Waals surface area contributed by atoms with Crippen LogP contribution < -0.4 is 0 Å². The summed E-state index contributed by atoms with van der Waals surface area (Å²) in [4.78, 5) is 18.6. The minimum absolute atomic E-state index is 0.167. The number of rotatable bonds is 15. The minimum atomic E-state index is -1.83. The Bertz CT molecular complexity index is 2080. The van der Waals surface area contributed by atoms with Crippen LogP contribution in [0.1, 0.15) is 131 Å². The summed E-state index contributed by atoms with van der Waals surface area (Å²) in [5, 5.41) is 81.3. The van der Waals surface area contributed by atoms with Crippen molar-refractivity contribution in [2.75, 3.05) is 48.1 Å².